The van der Waals surface area contributed by atoms with E-state index in [4.69, 9.17) is 10.9 Å². The Morgan fingerprint density at radius 2 is 2.12 bits per heavy atom. The Bertz CT molecular complexity index is 247. The third kappa shape index (κ3) is 4.00. The Labute approximate surface area is 98.5 Å². The second-order valence-electron chi connectivity index (χ2n) is 5.49. The molecule has 0 radical (unpaired) electrons. The largest absolute Gasteiger partial charge is 0.409 e. The summed E-state index contributed by atoms with van der Waals surface area (Å²) < 4.78 is 0. The Kier molecular flexibility index (Phi) is 4.59. The van der Waals surface area contributed by atoms with Gasteiger partial charge in [0.25, 0.3) is 0 Å². The lowest BCUT2D eigenvalue weighted by atomic mass is 10.0. The van der Waals surface area contributed by atoms with Crippen molar-refractivity contribution in [1.29, 1.82) is 0 Å². The molecule has 1 saturated carbocycles. The number of nitrogens with zero attached hydrogens (tertiary/aromatic N) is 2. The van der Waals surface area contributed by atoms with Crippen molar-refractivity contribution < 1.29 is 5.21 Å². The van der Waals surface area contributed by atoms with Gasteiger partial charge in [-0.25, -0.2) is 0 Å². The quantitative estimate of drug-likeness (QED) is 0.302. The minimum absolute atomic E-state index is 0.293. The van der Waals surface area contributed by atoms with Crippen LogP contribution in [0.1, 0.15) is 40.0 Å². The van der Waals surface area contributed by atoms with E-state index in [9.17, 15) is 0 Å². The molecule has 0 spiro atoms. The number of oxime groups is 1. The fourth-order valence-electron chi connectivity index (χ4n) is 2.28. The normalized spacial score (nSPS) is 19.4. The molecule has 0 bridgehead atoms. The molecule has 94 valence electrons. The first-order valence-corrected chi connectivity index (χ1v) is 6.20. The average molecular weight is 227 g/mol. The Morgan fingerprint density at radius 1 is 1.50 bits per heavy atom. The van der Waals surface area contributed by atoms with Crippen LogP contribution in [0.25, 0.3) is 0 Å². The molecule has 3 N–H and O–H groups in total. The van der Waals surface area contributed by atoms with Crippen LogP contribution < -0.4 is 5.73 Å². The van der Waals surface area contributed by atoms with Crippen LogP contribution in [0, 0.1) is 11.3 Å². The van der Waals surface area contributed by atoms with Crippen molar-refractivity contribution in [2.45, 2.75) is 40.0 Å². The van der Waals surface area contributed by atoms with Crippen molar-refractivity contribution >= 4 is 5.84 Å². The van der Waals surface area contributed by atoms with E-state index >= 15 is 0 Å². The van der Waals surface area contributed by atoms with E-state index in [1.54, 1.807) is 0 Å². The summed E-state index contributed by atoms with van der Waals surface area (Å²) >= 11 is 0. The zero-order valence-electron chi connectivity index (χ0n) is 10.7. The van der Waals surface area contributed by atoms with E-state index in [0.717, 1.165) is 26.1 Å². The van der Waals surface area contributed by atoms with E-state index in [1.165, 1.54) is 12.8 Å². The number of amidine groups is 1. The van der Waals surface area contributed by atoms with Gasteiger partial charge in [-0.1, -0.05) is 25.9 Å². The average Bonchev–Trinajstić information content (AvgIpc) is 2.96. The molecule has 0 unspecified atom stereocenters. The summed E-state index contributed by atoms with van der Waals surface area (Å²) in [5.74, 6) is 1.07. The maximum Gasteiger partial charge on any atom is 0.139 e. The highest BCUT2D eigenvalue weighted by atomic mass is 16.4. The molecule has 4 heteroatoms. The zero-order chi connectivity index (χ0) is 12.2. The monoisotopic (exact) mass is 227 g/mol. The molecule has 0 aliphatic heterocycles. The number of nitrogens with two attached hydrogens (primary N) is 1. The number of hydrogen-bond donors (Lipinski definition) is 2. The van der Waals surface area contributed by atoms with Crippen LogP contribution >= 0.6 is 0 Å². The van der Waals surface area contributed by atoms with Crippen LogP contribution in [-0.4, -0.2) is 35.6 Å². The first kappa shape index (κ1) is 13.3. The van der Waals surface area contributed by atoms with Gasteiger partial charge in [0, 0.05) is 19.5 Å². The number of rotatable bonds is 7. The molecule has 0 amide bonds. The molecule has 1 fully saturated rings. The smallest absolute Gasteiger partial charge is 0.139 e. The molecule has 0 aromatic heterocycles. The zero-order valence-corrected chi connectivity index (χ0v) is 10.7. The Balaban J connectivity index is 2.44. The summed E-state index contributed by atoms with van der Waals surface area (Å²) in [7, 11) is 0. The van der Waals surface area contributed by atoms with Crippen molar-refractivity contribution in [3.8, 4) is 0 Å². The third-order valence-electron chi connectivity index (χ3n) is 3.27. The summed E-state index contributed by atoms with van der Waals surface area (Å²) in [6.07, 6.45) is 3.15. The van der Waals surface area contributed by atoms with Gasteiger partial charge in [-0.3, -0.25) is 0 Å². The molecule has 4 nitrogen and oxygen atoms in total. The van der Waals surface area contributed by atoms with Crippen molar-refractivity contribution in [2.24, 2.45) is 22.2 Å². The van der Waals surface area contributed by atoms with Gasteiger partial charge in [0.05, 0.1) is 0 Å². The third-order valence-corrected chi connectivity index (χ3v) is 3.27. The van der Waals surface area contributed by atoms with E-state index in [2.05, 4.69) is 30.8 Å². The molecule has 1 aliphatic rings. The van der Waals surface area contributed by atoms with E-state index in [-0.39, 0.29) is 0 Å². The molecule has 1 rings (SSSR count). The van der Waals surface area contributed by atoms with Gasteiger partial charge in [0.15, 0.2) is 0 Å². The predicted octanol–water partition coefficient (Wildman–Crippen LogP) is 1.88. The van der Waals surface area contributed by atoms with E-state index in [1.807, 2.05) is 0 Å². The highest BCUT2D eigenvalue weighted by Gasteiger charge is 2.44. The summed E-state index contributed by atoms with van der Waals surface area (Å²) in [6, 6.07) is 0. The topological polar surface area (TPSA) is 61.8 Å². The van der Waals surface area contributed by atoms with Crippen molar-refractivity contribution in [1.82, 2.24) is 4.90 Å². The van der Waals surface area contributed by atoms with Crippen LogP contribution in [0.5, 0.6) is 0 Å². The molecular formula is C12H25N3O. The second-order valence-corrected chi connectivity index (χ2v) is 5.49. The minimum Gasteiger partial charge on any atom is -0.409 e. The van der Waals surface area contributed by atoms with Crippen LogP contribution in [0.3, 0.4) is 0 Å². The predicted molar refractivity (Wildman–Crippen MR) is 66.6 cm³/mol. The van der Waals surface area contributed by atoms with Gasteiger partial charge in [-0.15, -0.1) is 0 Å². The van der Waals surface area contributed by atoms with E-state index in [0.29, 0.717) is 17.2 Å². The maximum atomic E-state index is 8.61. The molecule has 0 aromatic rings. The fraction of sp³-hybridized carbons (Fsp3) is 0.917. The molecular weight excluding hydrogens is 202 g/mol. The lowest BCUT2D eigenvalue weighted by Crippen LogP contribution is -2.35. The fourth-order valence-corrected chi connectivity index (χ4v) is 2.28. The summed E-state index contributed by atoms with van der Waals surface area (Å²) in [4.78, 5) is 2.47. The standard InChI is InChI=1S/C12H25N3O/c1-4-15(8-10(2)3)9-12(5-6-12)7-11(13)14-16/h10,16H,4-9H2,1-3H3,(H2,13,14). The first-order chi connectivity index (χ1) is 7.51. The second kappa shape index (κ2) is 5.53. The maximum absolute atomic E-state index is 8.61. The van der Waals surface area contributed by atoms with Crippen molar-refractivity contribution in [3.05, 3.63) is 0 Å². The number of hydrogen-bond acceptors (Lipinski definition) is 3. The molecule has 1 aliphatic carbocycles. The molecule has 0 saturated heterocycles. The molecule has 16 heavy (non-hydrogen) atoms. The Morgan fingerprint density at radius 3 is 2.50 bits per heavy atom. The molecule has 0 heterocycles. The van der Waals surface area contributed by atoms with Crippen molar-refractivity contribution in [2.75, 3.05) is 19.6 Å². The lowest BCUT2D eigenvalue weighted by Gasteiger charge is -2.27. The SMILES string of the molecule is CCN(CC(C)C)CC1(CC(N)=NO)CC1. The van der Waals surface area contributed by atoms with Gasteiger partial charge in [0.2, 0.25) is 0 Å². The highest BCUT2D eigenvalue weighted by molar-refractivity contribution is 5.80. The van der Waals surface area contributed by atoms with E-state index < -0.39 is 0 Å². The Hall–Kier alpha value is -0.770. The summed E-state index contributed by atoms with van der Waals surface area (Å²) in [6.45, 7) is 9.97. The van der Waals surface area contributed by atoms with Gasteiger partial charge >= 0.3 is 0 Å². The highest BCUT2D eigenvalue weighted by Crippen LogP contribution is 2.49. The molecule has 0 atom stereocenters. The van der Waals surface area contributed by atoms with Crippen LogP contribution in [0.15, 0.2) is 5.16 Å². The van der Waals surface area contributed by atoms with Crippen LogP contribution in [0.4, 0.5) is 0 Å². The lowest BCUT2D eigenvalue weighted by molar-refractivity contribution is 0.208. The van der Waals surface area contributed by atoms with Gasteiger partial charge in [-0.2, -0.15) is 0 Å². The first-order valence-electron chi connectivity index (χ1n) is 6.20. The van der Waals surface area contributed by atoms with Crippen LogP contribution in [0.2, 0.25) is 0 Å². The summed E-state index contributed by atoms with van der Waals surface area (Å²) in [5.41, 5.74) is 5.89. The summed E-state index contributed by atoms with van der Waals surface area (Å²) in [5, 5.41) is 11.7. The molecule has 0 aromatic carbocycles. The van der Waals surface area contributed by atoms with Crippen LogP contribution in [-0.2, 0) is 0 Å². The van der Waals surface area contributed by atoms with Crippen molar-refractivity contribution in [3.63, 3.8) is 0 Å². The van der Waals surface area contributed by atoms with Gasteiger partial charge < -0.3 is 15.8 Å². The minimum atomic E-state index is 0.293. The van der Waals surface area contributed by atoms with Gasteiger partial charge in [0.1, 0.15) is 5.84 Å². The van der Waals surface area contributed by atoms with Gasteiger partial charge in [-0.05, 0) is 30.7 Å².